The quantitative estimate of drug-likeness (QED) is 0.852. The van der Waals surface area contributed by atoms with Crippen LogP contribution in [0.1, 0.15) is 32.0 Å². The van der Waals surface area contributed by atoms with Crippen molar-refractivity contribution < 1.29 is 9.90 Å². The van der Waals surface area contributed by atoms with Gasteiger partial charge in [0.25, 0.3) is 0 Å². The highest BCUT2D eigenvalue weighted by Gasteiger charge is 2.17. The first-order valence-electron chi connectivity index (χ1n) is 6.23. The van der Waals surface area contributed by atoms with E-state index in [9.17, 15) is 4.79 Å². The lowest BCUT2D eigenvalue weighted by Crippen LogP contribution is -2.08. The van der Waals surface area contributed by atoms with E-state index in [4.69, 9.17) is 5.11 Å². The van der Waals surface area contributed by atoms with Crippen LogP contribution in [0.2, 0.25) is 0 Å². The third-order valence-electron chi connectivity index (χ3n) is 3.00. The van der Waals surface area contributed by atoms with Crippen molar-refractivity contribution >= 4 is 28.9 Å². The minimum absolute atomic E-state index is 0.0126. The first-order valence-corrected chi connectivity index (χ1v) is 7.21. The Hall–Kier alpha value is -1.56. The molecule has 0 fully saturated rings. The lowest BCUT2D eigenvalue weighted by Gasteiger charge is -2.14. The van der Waals surface area contributed by atoms with Crippen LogP contribution in [0.4, 0.5) is 0 Å². The van der Waals surface area contributed by atoms with Crippen LogP contribution in [0.25, 0.3) is 11.2 Å². The van der Waals surface area contributed by atoms with E-state index in [2.05, 4.69) is 23.8 Å². The number of carboxylic acids is 1. The maximum Gasteiger partial charge on any atom is 0.313 e. The molecule has 2 heterocycles. The Balaban J connectivity index is 2.51. The molecule has 2 rings (SSSR count). The van der Waals surface area contributed by atoms with E-state index in [0.717, 1.165) is 28.4 Å². The molecule has 102 valence electrons. The minimum Gasteiger partial charge on any atom is -0.481 e. The molecule has 0 amide bonds. The smallest absolute Gasteiger partial charge is 0.313 e. The summed E-state index contributed by atoms with van der Waals surface area (Å²) in [5.41, 5.74) is 2.59. The van der Waals surface area contributed by atoms with Crippen LogP contribution in [0.3, 0.4) is 0 Å². The number of carboxylic acid groups (broad SMARTS) is 1. The van der Waals surface area contributed by atoms with Gasteiger partial charge in [0.15, 0.2) is 10.8 Å². The number of rotatable bonds is 5. The second kappa shape index (κ2) is 5.61. The molecule has 5 nitrogen and oxygen atoms in total. The largest absolute Gasteiger partial charge is 0.481 e. The maximum absolute atomic E-state index is 10.7. The van der Waals surface area contributed by atoms with Crippen molar-refractivity contribution in [2.45, 2.75) is 38.4 Å². The molecule has 2 aromatic rings. The monoisotopic (exact) mass is 279 g/mol. The highest BCUT2D eigenvalue weighted by Crippen LogP contribution is 2.28. The summed E-state index contributed by atoms with van der Waals surface area (Å²) in [6.45, 7) is 6.13. The number of thioether (sulfide) groups is 1. The normalized spacial score (nSPS) is 12.8. The number of aliphatic carboxylic acids is 1. The molecular weight excluding hydrogens is 262 g/mol. The molecular formula is C13H17N3O2S. The van der Waals surface area contributed by atoms with Crippen molar-refractivity contribution in [1.82, 2.24) is 14.5 Å². The van der Waals surface area contributed by atoms with Gasteiger partial charge in [0, 0.05) is 11.7 Å². The van der Waals surface area contributed by atoms with E-state index >= 15 is 0 Å². The summed E-state index contributed by atoms with van der Waals surface area (Å²) < 4.78 is 2.04. The SMILES string of the molecule is CCC(C)n1c(SCC(=O)O)nc2ccc(C)nc21. The van der Waals surface area contributed by atoms with E-state index in [-0.39, 0.29) is 11.8 Å². The van der Waals surface area contributed by atoms with Gasteiger partial charge < -0.3 is 9.67 Å². The number of carbonyl (C=O) groups is 1. The Kier molecular flexibility index (Phi) is 4.09. The number of pyridine rings is 1. The van der Waals surface area contributed by atoms with Gasteiger partial charge >= 0.3 is 5.97 Å². The van der Waals surface area contributed by atoms with Crippen LogP contribution in [0.15, 0.2) is 17.3 Å². The van der Waals surface area contributed by atoms with Crippen LogP contribution in [0, 0.1) is 6.92 Å². The molecule has 19 heavy (non-hydrogen) atoms. The molecule has 0 bridgehead atoms. The number of imidazole rings is 1. The molecule has 0 saturated heterocycles. The molecule has 0 spiro atoms. The predicted molar refractivity (Wildman–Crippen MR) is 75.6 cm³/mol. The van der Waals surface area contributed by atoms with Crippen LogP contribution >= 0.6 is 11.8 Å². The van der Waals surface area contributed by atoms with Crippen molar-refractivity contribution in [3.8, 4) is 0 Å². The number of hydrogen-bond acceptors (Lipinski definition) is 4. The molecule has 1 atom stereocenters. The molecule has 1 unspecified atom stereocenters. The highest BCUT2D eigenvalue weighted by molar-refractivity contribution is 7.99. The zero-order chi connectivity index (χ0) is 14.0. The van der Waals surface area contributed by atoms with E-state index < -0.39 is 5.97 Å². The molecule has 0 aromatic carbocycles. The summed E-state index contributed by atoms with van der Waals surface area (Å²) in [4.78, 5) is 19.7. The summed E-state index contributed by atoms with van der Waals surface area (Å²) >= 11 is 1.24. The zero-order valence-electron chi connectivity index (χ0n) is 11.3. The maximum atomic E-state index is 10.7. The minimum atomic E-state index is -0.836. The lowest BCUT2D eigenvalue weighted by atomic mass is 10.2. The van der Waals surface area contributed by atoms with Crippen molar-refractivity contribution in [3.63, 3.8) is 0 Å². The number of aromatic nitrogens is 3. The molecule has 0 aliphatic heterocycles. The highest BCUT2D eigenvalue weighted by atomic mass is 32.2. The van der Waals surface area contributed by atoms with Gasteiger partial charge in [-0.2, -0.15) is 0 Å². The van der Waals surface area contributed by atoms with Crippen molar-refractivity contribution in [3.05, 3.63) is 17.8 Å². The summed E-state index contributed by atoms with van der Waals surface area (Å²) in [6, 6.07) is 4.10. The van der Waals surface area contributed by atoms with Crippen LogP contribution < -0.4 is 0 Å². The van der Waals surface area contributed by atoms with Crippen molar-refractivity contribution in [2.24, 2.45) is 0 Å². The molecule has 0 saturated carbocycles. The van der Waals surface area contributed by atoms with Gasteiger partial charge in [0.2, 0.25) is 0 Å². The fraction of sp³-hybridized carbons (Fsp3) is 0.462. The van der Waals surface area contributed by atoms with Crippen molar-refractivity contribution in [1.29, 1.82) is 0 Å². The average molecular weight is 279 g/mol. The van der Waals surface area contributed by atoms with Gasteiger partial charge in [0.05, 0.1) is 5.75 Å². The second-order valence-corrected chi connectivity index (χ2v) is 5.44. The molecule has 0 aliphatic rings. The van der Waals surface area contributed by atoms with Gasteiger partial charge in [-0.1, -0.05) is 18.7 Å². The molecule has 0 radical (unpaired) electrons. The van der Waals surface area contributed by atoms with Gasteiger partial charge in [-0.15, -0.1) is 0 Å². The fourth-order valence-corrected chi connectivity index (χ4v) is 2.68. The fourth-order valence-electron chi connectivity index (χ4n) is 1.86. The Morgan fingerprint density at radius 1 is 1.47 bits per heavy atom. The van der Waals surface area contributed by atoms with Crippen LogP contribution in [-0.4, -0.2) is 31.4 Å². The van der Waals surface area contributed by atoms with E-state index in [1.165, 1.54) is 11.8 Å². The first-order chi connectivity index (χ1) is 9.02. The van der Waals surface area contributed by atoms with Crippen LogP contribution in [-0.2, 0) is 4.79 Å². The molecule has 0 aliphatic carbocycles. The zero-order valence-corrected chi connectivity index (χ0v) is 12.1. The first kappa shape index (κ1) is 13.9. The molecule has 1 N–H and O–H groups in total. The number of aryl methyl sites for hydroxylation is 1. The molecule has 2 aromatic heterocycles. The predicted octanol–water partition coefficient (Wildman–Crippen LogP) is 2.89. The Morgan fingerprint density at radius 2 is 2.21 bits per heavy atom. The Labute approximate surface area is 116 Å². The average Bonchev–Trinajstić information content (AvgIpc) is 2.73. The third-order valence-corrected chi connectivity index (χ3v) is 3.94. The summed E-state index contributed by atoms with van der Waals surface area (Å²) in [7, 11) is 0. The number of fused-ring (bicyclic) bond motifs is 1. The van der Waals surface area contributed by atoms with E-state index in [0.29, 0.717) is 0 Å². The van der Waals surface area contributed by atoms with Gasteiger partial charge in [-0.25, -0.2) is 9.97 Å². The summed E-state index contributed by atoms with van der Waals surface area (Å²) in [5, 5.41) is 9.53. The van der Waals surface area contributed by atoms with E-state index in [1.807, 2.05) is 23.6 Å². The van der Waals surface area contributed by atoms with E-state index in [1.54, 1.807) is 0 Å². The Bertz CT molecular complexity index is 609. The number of nitrogens with zero attached hydrogens (tertiary/aromatic N) is 3. The standard InChI is InChI=1S/C13H17N3O2S/c1-4-9(3)16-12-10(6-5-8(2)14-12)15-13(16)19-7-11(17)18/h5-6,9H,4,7H2,1-3H3,(H,17,18). The van der Waals surface area contributed by atoms with Crippen LogP contribution in [0.5, 0.6) is 0 Å². The second-order valence-electron chi connectivity index (χ2n) is 4.50. The van der Waals surface area contributed by atoms with Crippen molar-refractivity contribution in [2.75, 3.05) is 5.75 Å². The lowest BCUT2D eigenvalue weighted by molar-refractivity contribution is -0.133. The number of hydrogen-bond donors (Lipinski definition) is 1. The Morgan fingerprint density at radius 3 is 2.84 bits per heavy atom. The van der Waals surface area contributed by atoms with Gasteiger partial charge in [0.1, 0.15) is 5.52 Å². The summed E-state index contributed by atoms with van der Waals surface area (Å²) in [5.74, 6) is -0.824. The molecule has 6 heteroatoms. The summed E-state index contributed by atoms with van der Waals surface area (Å²) in [6.07, 6.45) is 0.946. The van der Waals surface area contributed by atoms with Gasteiger partial charge in [-0.05, 0) is 32.4 Å². The third kappa shape index (κ3) is 2.89. The topological polar surface area (TPSA) is 68.0 Å². The van der Waals surface area contributed by atoms with Gasteiger partial charge in [-0.3, -0.25) is 4.79 Å².